The molecule has 2 aromatic carbocycles. The molecule has 4 aromatic rings. The Morgan fingerprint density at radius 3 is 2.53 bits per heavy atom. The van der Waals surface area contributed by atoms with E-state index < -0.39 is 0 Å². The molecule has 30 heavy (non-hydrogen) atoms. The molecule has 0 atom stereocenters. The van der Waals surface area contributed by atoms with Crippen LogP contribution in [0.2, 0.25) is 0 Å². The summed E-state index contributed by atoms with van der Waals surface area (Å²) in [5, 5.41) is 2.95. The Labute approximate surface area is 180 Å². The van der Waals surface area contributed by atoms with Crippen LogP contribution < -0.4 is 5.32 Å². The number of furan rings is 1. The van der Waals surface area contributed by atoms with E-state index in [4.69, 9.17) is 4.42 Å². The van der Waals surface area contributed by atoms with Crippen LogP contribution in [-0.2, 0) is 17.0 Å². The van der Waals surface area contributed by atoms with Crippen LogP contribution in [0.15, 0.2) is 101 Å². The number of aromatic nitrogens is 1. The molecular formula is C25H22N2O2S. The quantitative estimate of drug-likeness (QED) is 0.349. The minimum absolute atomic E-state index is 0.0246. The Hall–Kier alpha value is -3.31. The summed E-state index contributed by atoms with van der Waals surface area (Å²) in [7, 11) is 0. The van der Waals surface area contributed by atoms with E-state index in [2.05, 4.69) is 16.4 Å². The van der Waals surface area contributed by atoms with Crippen molar-refractivity contribution in [2.75, 3.05) is 5.32 Å². The topological polar surface area (TPSA) is 55.1 Å². The molecule has 0 bridgehead atoms. The Kier molecular flexibility index (Phi) is 6.62. The summed E-state index contributed by atoms with van der Waals surface area (Å²) in [5.41, 5.74) is 3.03. The third kappa shape index (κ3) is 5.61. The highest BCUT2D eigenvalue weighted by atomic mass is 32.2. The number of hydrogen-bond acceptors (Lipinski definition) is 4. The molecule has 0 saturated carbocycles. The second-order valence-electron chi connectivity index (χ2n) is 6.85. The number of pyridine rings is 1. The van der Waals surface area contributed by atoms with Gasteiger partial charge in [0, 0.05) is 47.1 Å². The van der Waals surface area contributed by atoms with Gasteiger partial charge in [0.05, 0.1) is 0 Å². The number of hydrogen-bond donors (Lipinski definition) is 1. The summed E-state index contributed by atoms with van der Waals surface area (Å²) in [5.74, 6) is 2.48. The number of thioether (sulfide) groups is 1. The molecule has 0 spiro atoms. The van der Waals surface area contributed by atoms with E-state index in [1.165, 1.54) is 5.56 Å². The lowest BCUT2D eigenvalue weighted by Crippen LogP contribution is -2.12. The molecule has 1 amide bonds. The molecule has 0 aliphatic heterocycles. The van der Waals surface area contributed by atoms with Gasteiger partial charge in [-0.2, -0.15) is 0 Å². The lowest BCUT2D eigenvalue weighted by molar-refractivity contribution is -0.116. The van der Waals surface area contributed by atoms with Crippen molar-refractivity contribution in [1.29, 1.82) is 0 Å². The predicted molar refractivity (Wildman–Crippen MR) is 121 cm³/mol. The number of aryl methyl sites for hydroxylation is 1. The summed E-state index contributed by atoms with van der Waals surface area (Å²) >= 11 is 1.74. The molecule has 0 unspecified atom stereocenters. The fraction of sp³-hybridized carbons (Fsp3) is 0.120. The minimum Gasteiger partial charge on any atom is -0.461 e. The number of nitrogens with zero attached hydrogens (tertiary/aromatic N) is 1. The first-order chi connectivity index (χ1) is 14.8. The number of carbonyl (C=O) groups excluding carboxylic acids is 1. The molecule has 0 fully saturated rings. The first-order valence-electron chi connectivity index (χ1n) is 9.82. The highest BCUT2D eigenvalue weighted by Crippen LogP contribution is 2.25. The fourth-order valence-corrected chi connectivity index (χ4v) is 3.85. The normalized spacial score (nSPS) is 10.7. The second kappa shape index (κ2) is 9.94. The van der Waals surface area contributed by atoms with Crippen molar-refractivity contribution >= 4 is 23.4 Å². The first-order valence-corrected chi connectivity index (χ1v) is 10.8. The van der Waals surface area contributed by atoms with Gasteiger partial charge in [-0.05, 0) is 48.0 Å². The van der Waals surface area contributed by atoms with E-state index in [9.17, 15) is 4.79 Å². The zero-order valence-corrected chi connectivity index (χ0v) is 17.3. The average molecular weight is 415 g/mol. The van der Waals surface area contributed by atoms with E-state index >= 15 is 0 Å². The number of carbonyl (C=O) groups is 1. The third-order valence-electron chi connectivity index (χ3n) is 4.58. The Morgan fingerprint density at radius 2 is 1.77 bits per heavy atom. The Morgan fingerprint density at radius 1 is 0.933 bits per heavy atom. The number of rotatable bonds is 8. The van der Waals surface area contributed by atoms with Crippen LogP contribution in [0.1, 0.15) is 17.7 Å². The zero-order chi connectivity index (χ0) is 20.6. The van der Waals surface area contributed by atoms with Crippen molar-refractivity contribution in [2.24, 2.45) is 0 Å². The maximum absolute atomic E-state index is 12.3. The van der Waals surface area contributed by atoms with Crippen molar-refractivity contribution in [2.45, 2.75) is 23.5 Å². The Bertz CT molecular complexity index is 1080. The monoisotopic (exact) mass is 414 g/mol. The maximum Gasteiger partial charge on any atom is 0.224 e. The van der Waals surface area contributed by atoms with Gasteiger partial charge in [-0.1, -0.05) is 36.4 Å². The molecule has 2 heterocycles. The van der Waals surface area contributed by atoms with Crippen LogP contribution in [0, 0.1) is 0 Å². The van der Waals surface area contributed by atoms with Gasteiger partial charge in [-0.3, -0.25) is 9.78 Å². The van der Waals surface area contributed by atoms with Gasteiger partial charge < -0.3 is 9.73 Å². The molecule has 4 rings (SSSR count). The van der Waals surface area contributed by atoms with E-state index in [0.717, 1.165) is 33.4 Å². The molecule has 5 heteroatoms. The van der Waals surface area contributed by atoms with E-state index in [-0.39, 0.29) is 5.91 Å². The summed E-state index contributed by atoms with van der Waals surface area (Å²) < 4.78 is 5.86. The van der Waals surface area contributed by atoms with Crippen LogP contribution in [0.3, 0.4) is 0 Å². The van der Waals surface area contributed by atoms with E-state index in [1.807, 2.05) is 79.0 Å². The predicted octanol–water partition coefficient (Wildman–Crippen LogP) is 6.21. The van der Waals surface area contributed by atoms with Gasteiger partial charge in [0.15, 0.2) is 0 Å². The van der Waals surface area contributed by atoms with Crippen molar-refractivity contribution in [3.8, 4) is 11.3 Å². The Balaban J connectivity index is 1.24. The maximum atomic E-state index is 12.3. The van der Waals surface area contributed by atoms with Crippen LogP contribution >= 0.6 is 11.8 Å². The van der Waals surface area contributed by atoms with Gasteiger partial charge >= 0.3 is 0 Å². The molecule has 2 aromatic heterocycles. The summed E-state index contributed by atoms with van der Waals surface area (Å²) in [6, 6.07) is 25.8. The molecule has 1 N–H and O–H groups in total. The second-order valence-corrected chi connectivity index (χ2v) is 7.90. The first kappa shape index (κ1) is 20.0. The lowest BCUT2D eigenvalue weighted by Gasteiger charge is -2.06. The minimum atomic E-state index is -0.0246. The summed E-state index contributed by atoms with van der Waals surface area (Å²) in [6.45, 7) is 0. The standard InChI is InChI=1S/C25H22N2O2S/c28-25(15-11-22-10-14-24(29-22)20-6-2-1-3-7-20)27-21-8-12-23(13-9-21)30-18-19-5-4-16-26-17-19/h1-10,12-14,16-17H,11,15,18H2,(H,27,28). The molecule has 150 valence electrons. The lowest BCUT2D eigenvalue weighted by atomic mass is 10.2. The highest BCUT2D eigenvalue weighted by molar-refractivity contribution is 7.98. The van der Waals surface area contributed by atoms with Gasteiger partial charge in [0.2, 0.25) is 5.91 Å². The molecule has 0 radical (unpaired) electrons. The smallest absolute Gasteiger partial charge is 0.224 e. The average Bonchev–Trinajstić information content (AvgIpc) is 3.28. The molecule has 0 aliphatic carbocycles. The number of anilines is 1. The summed E-state index contributed by atoms with van der Waals surface area (Å²) in [6.07, 6.45) is 4.60. The van der Waals surface area contributed by atoms with Crippen molar-refractivity contribution in [1.82, 2.24) is 4.98 Å². The summed E-state index contributed by atoms with van der Waals surface area (Å²) in [4.78, 5) is 17.6. The molecular weight excluding hydrogens is 392 g/mol. The zero-order valence-electron chi connectivity index (χ0n) is 16.5. The molecule has 0 saturated heterocycles. The molecule has 0 aliphatic rings. The van der Waals surface area contributed by atoms with Crippen LogP contribution in [0.25, 0.3) is 11.3 Å². The van der Waals surface area contributed by atoms with Crippen LogP contribution in [0.5, 0.6) is 0 Å². The highest BCUT2D eigenvalue weighted by Gasteiger charge is 2.08. The van der Waals surface area contributed by atoms with E-state index in [0.29, 0.717) is 12.8 Å². The largest absolute Gasteiger partial charge is 0.461 e. The van der Waals surface area contributed by atoms with Gasteiger partial charge in [0.1, 0.15) is 11.5 Å². The fourth-order valence-electron chi connectivity index (χ4n) is 3.01. The number of amides is 1. The van der Waals surface area contributed by atoms with Crippen molar-refractivity contribution in [3.63, 3.8) is 0 Å². The number of benzene rings is 2. The SMILES string of the molecule is O=C(CCc1ccc(-c2ccccc2)o1)Nc1ccc(SCc2cccnc2)cc1. The van der Waals surface area contributed by atoms with Crippen molar-refractivity contribution < 1.29 is 9.21 Å². The van der Waals surface area contributed by atoms with Gasteiger partial charge in [-0.15, -0.1) is 11.8 Å². The van der Waals surface area contributed by atoms with Gasteiger partial charge in [0.25, 0.3) is 0 Å². The van der Waals surface area contributed by atoms with Crippen molar-refractivity contribution in [3.05, 3.63) is 103 Å². The van der Waals surface area contributed by atoms with E-state index in [1.54, 1.807) is 18.0 Å². The van der Waals surface area contributed by atoms with Crippen LogP contribution in [0.4, 0.5) is 5.69 Å². The molecule has 4 nitrogen and oxygen atoms in total. The van der Waals surface area contributed by atoms with Crippen LogP contribution in [-0.4, -0.2) is 10.9 Å². The van der Waals surface area contributed by atoms with Gasteiger partial charge in [-0.25, -0.2) is 0 Å². The third-order valence-corrected chi connectivity index (χ3v) is 5.67. The number of nitrogens with one attached hydrogen (secondary N) is 1.